The van der Waals surface area contributed by atoms with Crippen LogP contribution in [0.5, 0.6) is 0 Å². The van der Waals surface area contributed by atoms with E-state index in [2.05, 4.69) is 10.1 Å². The first-order chi connectivity index (χ1) is 7.84. The summed E-state index contributed by atoms with van der Waals surface area (Å²) in [7, 11) is -2.68. The predicted octanol–water partition coefficient (Wildman–Crippen LogP) is -0.499. The summed E-state index contributed by atoms with van der Waals surface area (Å²) in [6.45, 7) is -0.164. The third kappa shape index (κ3) is 3.61. The average molecular weight is 259 g/mol. The van der Waals surface area contributed by atoms with Crippen molar-refractivity contribution in [2.45, 2.75) is 4.90 Å². The van der Waals surface area contributed by atoms with Gasteiger partial charge in [-0.3, -0.25) is 4.79 Å². The normalized spacial score (nSPS) is 10.9. The number of ether oxygens (including phenoxy) is 1. The van der Waals surface area contributed by atoms with E-state index in [0.29, 0.717) is 0 Å². The zero-order valence-electron chi connectivity index (χ0n) is 9.14. The van der Waals surface area contributed by atoms with Crippen molar-refractivity contribution in [2.24, 2.45) is 5.14 Å². The lowest BCUT2D eigenvalue weighted by atomic mass is 10.3. The fourth-order valence-corrected chi connectivity index (χ4v) is 1.91. The second-order valence-corrected chi connectivity index (χ2v) is 4.76. The highest BCUT2D eigenvalue weighted by atomic mass is 32.2. The van der Waals surface area contributed by atoms with Crippen LogP contribution in [0, 0.1) is 0 Å². The van der Waals surface area contributed by atoms with Gasteiger partial charge in [-0.15, -0.1) is 0 Å². The molecule has 0 aromatic heterocycles. The molecule has 0 heterocycles. The Kier molecular flexibility index (Phi) is 3.92. The minimum Gasteiger partial charge on any atom is -0.468 e. The van der Waals surface area contributed by atoms with Gasteiger partial charge in [0.25, 0.3) is 0 Å². The van der Waals surface area contributed by atoms with Gasteiger partial charge in [-0.2, -0.15) is 0 Å². The SMILES string of the molecule is COC(=O)CNc1ccc(N)cc1S(N)(=O)=O. The lowest BCUT2D eigenvalue weighted by molar-refractivity contribution is -0.138. The van der Waals surface area contributed by atoms with Crippen molar-refractivity contribution < 1.29 is 17.9 Å². The summed E-state index contributed by atoms with van der Waals surface area (Å²) in [6.07, 6.45) is 0. The number of benzene rings is 1. The number of anilines is 2. The van der Waals surface area contributed by atoms with E-state index in [-0.39, 0.29) is 22.8 Å². The van der Waals surface area contributed by atoms with Crippen LogP contribution >= 0.6 is 0 Å². The maximum atomic E-state index is 11.3. The summed E-state index contributed by atoms with van der Waals surface area (Å²) in [5.41, 5.74) is 5.93. The number of nitrogens with one attached hydrogen (secondary N) is 1. The second-order valence-electron chi connectivity index (χ2n) is 3.23. The Hall–Kier alpha value is -1.80. The van der Waals surface area contributed by atoms with E-state index in [1.165, 1.54) is 25.3 Å². The number of primary sulfonamides is 1. The molecule has 0 radical (unpaired) electrons. The molecule has 0 aliphatic heterocycles. The Balaban J connectivity index is 3.04. The average Bonchev–Trinajstić information content (AvgIpc) is 2.25. The molecule has 0 bridgehead atoms. The molecule has 94 valence electrons. The van der Waals surface area contributed by atoms with Crippen LogP contribution in [0.4, 0.5) is 11.4 Å². The Morgan fingerprint density at radius 2 is 2.12 bits per heavy atom. The number of carbonyl (C=O) groups excluding carboxylic acids is 1. The summed E-state index contributed by atoms with van der Waals surface area (Å²) < 4.78 is 27.0. The van der Waals surface area contributed by atoms with Crippen molar-refractivity contribution in [3.8, 4) is 0 Å². The Morgan fingerprint density at radius 1 is 1.47 bits per heavy atom. The van der Waals surface area contributed by atoms with E-state index in [4.69, 9.17) is 10.9 Å². The second kappa shape index (κ2) is 5.02. The number of hydrogen-bond acceptors (Lipinski definition) is 6. The molecule has 8 heteroatoms. The molecule has 0 spiro atoms. The summed E-state index contributed by atoms with van der Waals surface area (Å²) >= 11 is 0. The van der Waals surface area contributed by atoms with E-state index >= 15 is 0 Å². The van der Waals surface area contributed by atoms with Crippen LogP contribution < -0.4 is 16.2 Å². The Bertz CT molecular complexity index is 527. The van der Waals surface area contributed by atoms with Gasteiger partial charge >= 0.3 is 5.97 Å². The van der Waals surface area contributed by atoms with Crippen molar-refractivity contribution in [3.05, 3.63) is 18.2 Å². The van der Waals surface area contributed by atoms with Crippen molar-refractivity contribution in [1.82, 2.24) is 0 Å². The number of nitrogens with two attached hydrogens (primary N) is 2. The van der Waals surface area contributed by atoms with Crippen LogP contribution in [0.3, 0.4) is 0 Å². The predicted molar refractivity (Wildman–Crippen MR) is 62.7 cm³/mol. The number of esters is 1. The molecular weight excluding hydrogens is 246 g/mol. The number of nitrogen functional groups attached to an aromatic ring is 1. The first kappa shape index (κ1) is 13.3. The maximum absolute atomic E-state index is 11.3. The molecule has 1 rings (SSSR count). The largest absolute Gasteiger partial charge is 0.468 e. The maximum Gasteiger partial charge on any atom is 0.325 e. The zero-order valence-corrected chi connectivity index (χ0v) is 9.95. The summed E-state index contributed by atoms with van der Waals surface area (Å²) in [6, 6.07) is 4.14. The summed E-state index contributed by atoms with van der Waals surface area (Å²) in [5, 5.41) is 7.63. The molecule has 0 aliphatic carbocycles. The Labute approximate surface area is 98.8 Å². The number of sulfonamides is 1. The highest BCUT2D eigenvalue weighted by molar-refractivity contribution is 7.89. The van der Waals surface area contributed by atoms with E-state index in [0.717, 1.165) is 0 Å². The van der Waals surface area contributed by atoms with Gasteiger partial charge in [0.05, 0.1) is 12.8 Å². The molecule has 0 amide bonds. The zero-order chi connectivity index (χ0) is 13.1. The molecule has 17 heavy (non-hydrogen) atoms. The van der Waals surface area contributed by atoms with Gasteiger partial charge in [-0.25, -0.2) is 13.6 Å². The van der Waals surface area contributed by atoms with Gasteiger partial charge in [0.2, 0.25) is 10.0 Å². The summed E-state index contributed by atoms with van der Waals surface area (Å²) in [5.74, 6) is -0.526. The number of carbonyl (C=O) groups is 1. The minimum absolute atomic E-state index is 0.164. The van der Waals surface area contributed by atoms with Crippen molar-refractivity contribution in [2.75, 3.05) is 24.7 Å². The molecule has 0 aliphatic rings. The van der Waals surface area contributed by atoms with Gasteiger partial charge in [0, 0.05) is 5.69 Å². The molecule has 0 fully saturated rings. The number of rotatable bonds is 4. The van der Waals surface area contributed by atoms with E-state index in [1.807, 2.05) is 0 Å². The minimum atomic E-state index is -3.91. The third-order valence-electron chi connectivity index (χ3n) is 1.96. The quantitative estimate of drug-likeness (QED) is 0.494. The van der Waals surface area contributed by atoms with Crippen LogP contribution in [0.2, 0.25) is 0 Å². The number of methoxy groups -OCH3 is 1. The standard InChI is InChI=1S/C9H13N3O4S/c1-16-9(13)5-12-7-3-2-6(10)4-8(7)17(11,14)15/h2-4,12H,5,10H2,1H3,(H2,11,14,15). The molecule has 1 aromatic rings. The highest BCUT2D eigenvalue weighted by Crippen LogP contribution is 2.22. The summed E-state index contributed by atoms with van der Waals surface area (Å²) in [4.78, 5) is 10.8. The Morgan fingerprint density at radius 3 is 2.65 bits per heavy atom. The molecule has 0 saturated heterocycles. The highest BCUT2D eigenvalue weighted by Gasteiger charge is 2.14. The van der Waals surface area contributed by atoms with Crippen LogP contribution in [0.1, 0.15) is 0 Å². The van der Waals surface area contributed by atoms with Crippen LogP contribution in [-0.4, -0.2) is 28.0 Å². The fraction of sp³-hybridized carbons (Fsp3) is 0.222. The molecule has 0 unspecified atom stereocenters. The van der Waals surface area contributed by atoms with E-state index < -0.39 is 16.0 Å². The van der Waals surface area contributed by atoms with E-state index in [9.17, 15) is 13.2 Å². The van der Waals surface area contributed by atoms with Gasteiger partial charge in [0.1, 0.15) is 11.4 Å². The first-order valence-corrected chi connectivity index (χ1v) is 6.12. The molecule has 5 N–H and O–H groups in total. The van der Waals surface area contributed by atoms with Crippen LogP contribution in [0.25, 0.3) is 0 Å². The van der Waals surface area contributed by atoms with Crippen molar-refractivity contribution in [1.29, 1.82) is 0 Å². The van der Waals surface area contributed by atoms with Crippen molar-refractivity contribution >= 4 is 27.4 Å². The van der Waals surface area contributed by atoms with Gasteiger partial charge < -0.3 is 15.8 Å². The lowest BCUT2D eigenvalue weighted by Gasteiger charge is -2.10. The lowest BCUT2D eigenvalue weighted by Crippen LogP contribution is -2.19. The molecular formula is C9H13N3O4S. The van der Waals surface area contributed by atoms with Gasteiger partial charge in [-0.1, -0.05) is 0 Å². The molecule has 1 aromatic carbocycles. The number of hydrogen-bond donors (Lipinski definition) is 3. The fourth-order valence-electron chi connectivity index (χ4n) is 1.16. The molecule has 7 nitrogen and oxygen atoms in total. The first-order valence-electron chi connectivity index (χ1n) is 4.57. The van der Waals surface area contributed by atoms with Gasteiger partial charge in [-0.05, 0) is 18.2 Å². The van der Waals surface area contributed by atoms with Crippen molar-refractivity contribution in [3.63, 3.8) is 0 Å². The third-order valence-corrected chi connectivity index (χ3v) is 2.91. The molecule has 0 atom stereocenters. The smallest absolute Gasteiger partial charge is 0.325 e. The van der Waals surface area contributed by atoms with E-state index in [1.54, 1.807) is 0 Å². The van der Waals surface area contributed by atoms with Crippen LogP contribution in [-0.2, 0) is 19.6 Å². The monoisotopic (exact) mass is 259 g/mol. The van der Waals surface area contributed by atoms with Gasteiger partial charge in [0.15, 0.2) is 0 Å². The van der Waals surface area contributed by atoms with Crippen LogP contribution in [0.15, 0.2) is 23.1 Å². The molecule has 0 saturated carbocycles. The topological polar surface area (TPSA) is 125 Å².